The van der Waals surface area contributed by atoms with Crippen LogP contribution in [0.15, 0.2) is 53.5 Å². The summed E-state index contributed by atoms with van der Waals surface area (Å²) >= 11 is 1.66. The van der Waals surface area contributed by atoms with Crippen molar-refractivity contribution < 1.29 is 4.79 Å². The van der Waals surface area contributed by atoms with Gasteiger partial charge in [0.25, 0.3) is 0 Å². The van der Waals surface area contributed by atoms with Crippen molar-refractivity contribution in [1.82, 2.24) is 14.8 Å². The molecule has 4 heterocycles. The van der Waals surface area contributed by atoms with E-state index in [1.807, 2.05) is 46.9 Å². The standard InChI is InChI=1S/C23H27N3OS/c27-22(4-3-21-7-17-28-18-21)26-15-9-23(10-16-26)8-14-25(19-23)13-1-2-20-5-11-24-12-6-20/h1-7,11-12,17-18H,8-10,13-16,19H2/b2-1-,4-3+. The molecule has 0 aromatic carbocycles. The van der Waals surface area contributed by atoms with Gasteiger partial charge in [0, 0.05) is 44.6 Å². The van der Waals surface area contributed by atoms with Gasteiger partial charge in [-0.1, -0.05) is 12.2 Å². The lowest BCUT2D eigenvalue weighted by Gasteiger charge is -2.39. The molecule has 0 radical (unpaired) electrons. The summed E-state index contributed by atoms with van der Waals surface area (Å²) in [4.78, 5) is 21.1. The fourth-order valence-corrected chi connectivity index (χ4v) is 4.88. The van der Waals surface area contributed by atoms with Crippen LogP contribution in [0.1, 0.15) is 30.4 Å². The maximum Gasteiger partial charge on any atom is 0.246 e. The average molecular weight is 394 g/mol. The summed E-state index contributed by atoms with van der Waals surface area (Å²) in [5.74, 6) is 0.149. The molecular formula is C23H27N3OS. The van der Waals surface area contributed by atoms with Crippen LogP contribution in [0, 0.1) is 5.41 Å². The summed E-state index contributed by atoms with van der Waals surface area (Å²) in [6.45, 7) is 5.07. The highest BCUT2D eigenvalue weighted by Crippen LogP contribution is 2.40. The molecule has 4 nitrogen and oxygen atoms in total. The van der Waals surface area contributed by atoms with Crippen molar-refractivity contribution in [1.29, 1.82) is 0 Å². The maximum absolute atomic E-state index is 12.5. The van der Waals surface area contributed by atoms with Crippen molar-refractivity contribution in [3.05, 3.63) is 64.6 Å². The van der Waals surface area contributed by atoms with Gasteiger partial charge < -0.3 is 4.90 Å². The molecule has 0 aliphatic carbocycles. The van der Waals surface area contributed by atoms with Gasteiger partial charge in [0.1, 0.15) is 0 Å². The van der Waals surface area contributed by atoms with E-state index in [0.29, 0.717) is 5.41 Å². The van der Waals surface area contributed by atoms with E-state index in [0.717, 1.165) is 51.1 Å². The molecule has 5 heteroatoms. The SMILES string of the molecule is O=C(/C=C/c1ccsc1)N1CCC2(CCN(C/C=C\c3ccncc3)C2)CC1. The van der Waals surface area contributed by atoms with E-state index in [-0.39, 0.29) is 5.91 Å². The van der Waals surface area contributed by atoms with Crippen molar-refractivity contribution in [3.63, 3.8) is 0 Å². The number of carbonyl (C=O) groups is 1. The van der Waals surface area contributed by atoms with Crippen LogP contribution in [0.3, 0.4) is 0 Å². The largest absolute Gasteiger partial charge is 0.339 e. The Morgan fingerprint density at radius 1 is 1.07 bits per heavy atom. The van der Waals surface area contributed by atoms with Crippen LogP contribution >= 0.6 is 11.3 Å². The first-order valence-electron chi connectivity index (χ1n) is 10.0. The van der Waals surface area contributed by atoms with Crippen LogP contribution in [-0.4, -0.2) is 53.4 Å². The molecule has 0 atom stereocenters. The van der Waals surface area contributed by atoms with Gasteiger partial charge in [-0.2, -0.15) is 11.3 Å². The van der Waals surface area contributed by atoms with Crippen molar-refractivity contribution >= 4 is 29.4 Å². The summed E-state index contributed by atoms with van der Waals surface area (Å²) < 4.78 is 0. The number of amides is 1. The number of piperidine rings is 1. The molecule has 2 aliphatic rings. The van der Waals surface area contributed by atoms with E-state index >= 15 is 0 Å². The molecule has 1 amide bonds. The number of nitrogens with zero attached hydrogens (tertiary/aromatic N) is 3. The Balaban J connectivity index is 1.24. The van der Waals surface area contributed by atoms with E-state index in [1.54, 1.807) is 17.4 Å². The fourth-order valence-electron chi connectivity index (χ4n) is 4.25. The number of likely N-dealkylation sites (tertiary alicyclic amines) is 2. The molecule has 0 saturated carbocycles. The highest BCUT2D eigenvalue weighted by molar-refractivity contribution is 7.08. The zero-order valence-corrected chi connectivity index (χ0v) is 17.0. The highest BCUT2D eigenvalue weighted by atomic mass is 32.1. The lowest BCUT2D eigenvalue weighted by Crippen LogP contribution is -2.43. The summed E-state index contributed by atoms with van der Waals surface area (Å²) in [5.41, 5.74) is 2.71. The van der Waals surface area contributed by atoms with Crippen molar-refractivity contribution in [2.45, 2.75) is 19.3 Å². The molecule has 2 saturated heterocycles. The van der Waals surface area contributed by atoms with Crippen LogP contribution in [0.25, 0.3) is 12.2 Å². The van der Waals surface area contributed by atoms with Crippen LogP contribution in [0.4, 0.5) is 0 Å². The molecule has 0 bridgehead atoms. The molecule has 146 valence electrons. The Hall–Kier alpha value is -2.24. The number of aromatic nitrogens is 1. The third kappa shape index (κ3) is 4.78. The van der Waals surface area contributed by atoms with E-state index in [4.69, 9.17) is 0 Å². The Kier molecular flexibility index (Phi) is 6.03. The van der Waals surface area contributed by atoms with Crippen LogP contribution < -0.4 is 0 Å². The van der Waals surface area contributed by atoms with Gasteiger partial charge in [-0.25, -0.2) is 0 Å². The van der Waals surface area contributed by atoms with Gasteiger partial charge in [-0.15, -0.1) is 0 Å². The first-order chi connectivity index (χ1) is 13.7. The van der Waals surface area contributed by atoms with Crippen LogP contribution in [-0.2, 0) is 4.79 Å². The van der Waals surface area contributed by atoms with Crippen LogP contribution in [0.2, 0.25) is 0 Å². The predicted molar refractivity (Wildman–Crippen MR) is 116 cm³/mol. The molecule has 1 spiro atoms. The second-order valence-electron chi connectivity index (χ2n) is 7.88. The summed E-state index contributed by atoms with van der Waals surface area (Å²) in [7, 11) is 0. The minimum Gasteiger partial charge on any atom is -0.339 e. The minimum absolute atomic E-state index is 0.149. The highest BCUT2D eigenvalue weighted by Gasteiger charge is 2.40. The maximum atomic E-state index is 12.5. The number of pyridine rings is 1. The summed E-state index contributed by atoms with van der Waals surface area (Å²) in [6.07, 6.45) is 15.2. The first kappa shape index (κ1) is 19.1. The minimum atomic E-state index is 0.149. The molecule has 0 unspecified atom stereocenters. The lowest BCUT2D eigenvalue weighted by molar-refractivity contribution is -0.128. The third-order valence-electron chi connectivity index (χ3n) is 5.99. The smallest absolute Gasteiger partial charge is 0.246 e. The lowest BCUT2D eigenvalue weighted by atomic mass is 9.78. The second-order valence-corrected chi connectivity index (χ2v) is 8.66. The fraction of sp³-hybridized carbons (Fsp3) is 0.391. The summed E-state index contributed by atoms with van der Waals surface area (Å²) in [5, 5.41) is 4.10. The molecule has 2 aromatic heterocycles. The zero-order valence-electron chi connectivity index (χ0n) is 16.2. The first-order valence-corrected chi connectivity index (χ1v) is 10.9. The monoisotopic (exact) mass is 393 g/mol. The number of rotatable bonds is 5. The zero-order chi connectivity index (χ0) is 19.2. The Labute approximate surface area is 171 Å². The Morgan fingerprint density at radius 3 is 2.61 bits per heavy atom. The Bertz CT molecular complexity index is 821. The quantitative estimate of drug-likeness (QED) is 0.715. The van der Waals surface area contributed by atoms with E-state index in [1.165, 1.54) is 12.0 Å². The molecular weight excluding hydrogens is 366 g/mol. The number of hydrogen-bond acceptors (Lipinski definition) is 4. The average Bonchev–Trinajstić information content (AvgIpc) is 3.38. The van der Waals surface area contributed by atoms with E-state index in [9.17, 15) is 4.79 Å². The molecule has 2 aromatic rings. The van der Waals surface area contributed by atoms with E-state index in [2.05, 4.69) is 27.4 Å². The second kappa shape index (κ2) is 8.84. The molecule has 2 fully saturated rings. The molecule has 0 N–H and O–H groups in total. The summed E-state index contributed by atoms with van der Waals surface area (Å²) in [6, 6.07) is 6.10. The molecule has 2 aliphatic heterocycles. The van der Waals surface area contributed by atoms with Gasteiger partial charge in [0.15, 0.2) is 0 Å². The van der Waals surface area contributed by atoms with Gasteiger partial charge in [-0.3, -0.25) is 14.7 Å². The van der Waals surface area contributed by atoms with Gasteiger partial charge in [0.05, 0.1) is 0 Å². The van der Waals surface area contributed by atoms with Crippen LogP contribution in [0.5, 0.6) is 0 Å². The predicted octanol–water partition coefficient (Wildman–Crippen LogP) is 4.18. The number of hydrogen-bond donors (Lipinski definition) is 0. The molecule has 4 rings (SSSR count). The molecule has 28 heavy (non-hydrogen) atoms. The number of carbonyl (C=O) groups excluding carboxylic acids is 1. The van der Waals surface area contributed by atoms with Gasteiger partial charge >= 0.3 is 0 Å². The van der Waals surface area contributed by atoms with Gasteiger partial charge in [0.2, 0.25) is 5.91 Å². The Morgan fingerprint density at radius 2 is 1.86 bits per heavy atom. The van der Waals surface area contributed by atoms with Crippen molar-refractivity contribution in [2.24, 2.45) is 5.41 Å². The van der Waals surface area contributed by atoms with Gasteiger partial charge in [-0.05, 0) is 77.4 Å². The topological polar surface area (TPSA) is 36.4 Å². The normalized spacial score (nSPS) is 19.9. The number of thiophene rings is 1. The van der Waals surface area contributed by atoms with Crippen molar-refractivity contribution in [2.75, 3.05) is 32.7 Å². The van der Waals surface area contributed by atoms with Crippen molar-refractivity contribution in [3.8, 4) is 0 Å². The third-order valence-corrected chi connectivity index (χ3v) is 6.70. The van der Waals surface area contributed by atoms with E-state index < -0.39 is 0 Å².